The summed E-state index contributed by atoms with van der Waals surface area (Å²) in [6.07, 6.45) is 0. The maximum Gasteiger partial charge on any atom is 0.293 e. The molecule has 1 aromatic heterocycles. The molecule has 13 heavy (non-hydrogen) atoms. The Kier molecular flexibility index (Phi) is 2.50. The van der Waals surface area contributed by atoms with Crippen molar-refractivity contribution in [1.82, 2.24) is 4.98 Å². The summed E-state index contributed by atoms with van der Waals surface area (Å²) in [5, 5.41) is 0. The molecule has 0 aromatic carbocycles. The van der Waals surface area contributed by atoms with Gasteiger partial charge >= 0.3 is 0 Å². The van der Waals surface area contributed by atoms with E-state index in [4.69, 9.17) is 11.5 Å². The lowest BCUT2D eigenvalue weighted by Gasteiger charge is -1.95. The molecule has 0 saturated heterocycles. The zero-order valence-electron chi connectivity index (χ0n) is 7.16. The highest BCUT2D eigenvalue weighted by molar-refractivity contribution is 5.92. The van der Waals surface area contributed by atoms with Crippen LogP contribution in [0.15, 0.2) is 12.1 Å². The number of hydrogen-bond acceptors (Lipinski definition) is 3. The Labute approximate surface area is 76.0 Å². The molecule has 1 heterocycles. The van der Waals surface area contributed by atoms with Crippen LogP contribution in [0, 0.1) is 18.8 Å². The van der Waals surface area contributed by atoms with Crippen LogP contribution in [0.3, 0.4) is 0 Å². The van der Waals surface area contributed by atoms with E-state index in [1.807, 2.05) is 6.92 Å². The fourth-order valence-corrected chi connectivity index (χ4v) is 0.884. The summed E-state index contributed by atoms with van der Waals surface area (Å²) >= 11 is 0. The fourth-order valence-electron chi connectivity index (χ4n) is 0.884. The molecule has 0 saturated carbocycles. The van der Waals surface area contributed by atoms with Crippen LogP contribution in [0.5, 0.6) is 0 Å². The van der Waals surface area contributed by atoms with Gasteiger partial charge in [-0.15, -0.1) is 0 Å². The van der Waals surface area contributed by atoms with Crippen molar-refractivity contribution >= 4 is 11.7 Å². The van der Waals surface area contributed by atoms with Crippen LogP contribution in [0.1, 0.15) is 11.3 Å². The van der Waals surface area contributed by atoms with Gasteiger partial charge < -0.3 is 11.5 Å². The van der Waals surface area contributed by atoms with Crippen molar-refractivity contribution in [2.45, 2.75) is 6.92 Å². The molecule has 0 fully saturated rings. The summed E-state index contributed by atoms with van der Waals surface area (Å²) in [5.74, 6) is 4.40. The third-order valence-corrected chi connectivity index (χ3v) is 1.30. The Morgan fingerprint density at radius 1 is 1.54 bits per heavy atom. The van der Waals surface area contributed by atoms with Crippen molar-refractivity contribution in [3.8, 4) is 11.8 Å². The predicted octanol–water partition coefficient (Wildman–Crippen LogP) is -0.191. The molecule has 0 radical (unpaired) electrons. The molecule has 1 aromatic rings. The van der Waals surface area contributed by atoms with Gasteiger partial charge in [0.1, 0.15) is 11.5 Å². The normalized spacial score (nSPS) is 8.69. The number of carbonyl (C=O) groups is 1. The van der Waals surface area contributed by atoms with E-state index in [0.717, 1.165) is 5.56 Å². The highest BCUT2D eigenvalue weighted by Crippen LogP contribution is 2.04. The van der Waals surface area contributed by atoms with E-state index in [-0.39, 0.29) is 0 Å². The maximum atomic E-state index is 10.3. The number of pyridine rings is 1. The van der Waals surface area contributed by atoms with E-state index in [1.54, 1.807) is 12.1 Å². The van der Waals surface area contributed by atoms with Crippen LogP contribution >= 0.6 is 0 Å². The van der Waals surface area contributed by atoms with Crippen LogP contribution in [0.25, 0.3) is 0 Å². The highest BCUT2D eigenvalue weighted by Gasteiger charge is 1.93. The number of amides is 1. The molecule has 0 unspecified atom stereocenters. The number of carbonyl (C=O) groups excluding carboxylic acids is 1. The topological polar surface area (TPSA) is 82.0 Å². The summed E-state index contributed by atoms with van der Waals surface area (Å²) in [6, 6.07) is 3.45. The minimum atomic E-state index is -0.679. The van der Waals surface area contributed by atoms with Crippen molar-refractivity contribution in [3.05, 3.63) is 23.4 Å². The Balaban J connectivity index is 3.04. The van der Waals surface area contributed by atoms with Gasteiger partial charge in [-0.05, 0) is 30.5 Å². The van der Waals surface area contributed by atoms with Gasteiger partial charge in [0.05, 0.1) is 0 Å². The lowest BCUT2D eigenvalue weighted by Crippen LogP contribution is -2.06. The molecule has 1 amide bonds. The lowest BCUT2D eigenvalue weighted by atomic mass is 10.2. The van der Waals surface area contributed by atoms with Gasteiger partial charge in [-0.1, -0.05) is 0 Å². The molecular weight excluding hydrogens is 166 g/mol. The summed E-state index contributed by atoms with van der Waals surface area (Å²) in [6.45, 7) is 1.87. The predicted molar refractivity (Wildman–Crippen MR) is 49.5 cm³/mol. The monoisotopic (exact) mass is 175 g/mol. The largest absolute Gasteiger partial charge is 0.384 e. The number of hydrogen-bond donors (Lipinski definition) is 2. The molecule has 0 spiro atoms. The number of primary amides is 1. The Hall–Kier alpha value is -2.02. The second kappa shape index (κ2) is 3.59. The highest BCUT2D eigenvalue weighted by atomic mass is 16.1. The van der Waals surface area contributed by atoms with E-state index in [9.17, 15) is 4.79 Å². The third-order valence-electron chi connectivity index (χ3n) is 1.30. The number of nitrogens with zero attached hydrogens (tertiary/aromatic N) is 1. The first kappa shape index (κ1) is 9.07. The smallest absolute Gasteiger partial charge is 0.293 e. The number of rotatable bonds is 0. The lowest BCUT2D eigenvalue weighted by molar-refractivity contribution is -0.112. The van der Waals surface area contributed by atoms with Crippen molar-refractivity contribution in [3.63, 3.8) is 0 Å². The molecule has 1 rings (SSSR count). The van der Waals surface area contributed by atoms with Gasteiger partial charge in [0.2, 0.25) is 0 Å². The van der Waals surface area contributed by atoms with E-state index < -0.39 is 5.91 Å². The third kappa shape index (κ3) is 2.83. The van der Waals surface area contributed by atoms with Crippen molar-refractivity contribution in [2.75, 3.05) is 5.73 Å². The van der Waals surface area contributed by atoms with E-state index >= 15 is 0 Å². The first-order valence-electron chi connectivity index (χ1n) is 3.63. The van der Waals surface area contributed by atoms with Crippen molar-refractivity contribution < 1.29 is 4.79 Å². The molecule has 4 heteroatoms. The van der Waals surface area contributed by atoms with Gasteiger partial charge in [0.25, 0.3) is 5.91 Å². The Morgan fingerprint density at radius 3 is 2.77 bits per heavy atom. The zero-order chi connectivity index (χ0) is 9.84. The van der Waals surface area contributed by atoms with Gasteiger partial charge in [-0.3, -0.25) is 4.79 Å². The van der Waals surface area contributed by atoms with E-state index in [0.29, 0.717) is 11.5 Å². The zero-order valence-corrected chi connectivity index (χ0v) is 7.16. The summed E-state index contributed by atoms with van der Waals surface area (Å²) in [4.78, 5) is 14.2. The van der Waals surface area contributed by atoms with E-state index in [1.165, 1.54) is 0 Å². The second-order valence-corrected chi connectivity index (χ2v) is 2.57. The first-order chi connectivity index (χ1) is 6.08. The summed E-state index contributed by atoms with van der Waals surface area (Å²) in [5.41, 5.74) is 11.7. The average molecular weight is 175 g/mol. The van der Waals surface area contributed by atoms with Crippen LogP contribution in [0.4, 0.5) is 5.82 Å². The average Bonchev–Trinajstić information content (AvgIpc) is 1.99. The number of aromatic nitrogens is 1. The summed E-state index contributed by atoms with van der Waals surface area (Å²) in [7, 11) is 0. The standard InChI is InChI=1S/C9H9N3O/c1-6-4-7(2-3-9(11)13)12-8(10)5-6/h4-5H,1H3,(H2,10,12)(H2,11,13). The summed E-state index contributed by atoms with van der Waals surface area (Å²) < 4.78 is 0. The minimum Gasteiger partial charge on any atom is -0.384 e. The van der Waals surface area contributed by atoms with Crippen LogP contribution in [-0.2, 0) is 4.79 Å². The maximum absolute atomic E-state index is 10.3. The molecule has 4 N–H and O–H groups in total. The van der Waals surface area contributed by atoms with Crippen molar-refractivity contribution in [1.29, 1.82) is 0 Å². The molecule has 0 bridgehead atoms. The molecule has 0 aliphatic heterocycles. The Morgan fingerprint density at radius 2 is 2.23 bits per heavy atom. The first-order valence-corrected chi connectivity index (χ1v) is 3.63. The van der Waals surface area contributed by atoms with Gasteiger partial charge in [0, 0.05) is 5.92 Å². The minimum absolute atomic E-state index is 0.383. The molecule has 0 aliphatic carbocycles. The van der Waals surface area contributed by atoms with E-state index in [2.05, 4.69) is 16.8 Å². The van der Waals surface area contributed by atoms with Gasteiger partial charge in [0.15, 0.2) is 0 Å². The molecular formula is C9H9N3O. The molecule has 4 nitrogen and oxygen atoms in total. The molecule has 66 valence electrons. The van der Waals surface area contributed by atoms with Crippen LogP contribution < -0.4 is 11.5 Å². The Bertz CT molecular complexity index is 381. The van der Waals surface area contributed by atoms with Crippen LogP contribution in [-0.4, -0.2) is 10.9 Å². The quantitative estimate of drug-likeness (QED) is 0.536. The van der Waals surface area contributed by atoms with Crippen molar-refractivity contribution in [2.24, 2.45) is 5.73 Å². The van der Waals surface area contributed by atoms with Crippen LogP contribution in [0.2, 0.25) is 0 Å². The molecule has 0 aliphatic rings. The van der Waals surface area contributed by atoms with Gasteiger partial charge in [-0.2, -0.15) is 0 Å². The fraction of sp³-hybridized carbons (Fsp3) is 0.111. The van der Waals surface area contributed by atoms with Gasteiger partial charge in [-0.25, -0.2) is 4.98 Å². The number of aryl methyl sites for hydroxylation is 1. The second-order valence-electron chi connectivity index (χ2n) is 2.57. The SMILES string of the molecule is Cc1cc(N)nc(C#CC(N)=O)c1. The number of nitrogens with two attached hydrogens (primary N) is 2. The molecule has 0 atom stereocenters. The number of nitrogen functional groups attached to an aromatic ring is 1. The number of anilines is 1.